The maximum Gasteiger partial charge on any atom is 0.338 e. The van der Waals surface area contributed by atoms with E-state index in [4.69, 9.17) is 4.84 Å². The molecule has 0 N–H and O–H groups in total. The number of fused-ring (bicyclic) bond motifs is 5. The van der Waals surface area contributed by atoms with Gasteiger partial charge in [-0.15, -0.1) is 0 Å². The molecule has 1 saturated heterocycles. The molecule has 4 fully saturated rings. The van der Waals surface area contributed by atoms with Crippen molar-refractivity contribution in [2.45, 2.75) is 85.0 Å². The third-order valence-electron chi connectivity index (χ3n) is 11.2. The number of piperidine rings is 1. The van der Waals surface area contributed by atoms with Crippen molar-refractivity contribution in [3.8, 4) is 0 Å². The summed E-state index contributed by atoms with van der Waals surface area (Å²) in [6.45, 7) is 9.09. The number of oxime groups is 1. The van der Waals surface area contributed by atoms with E-state index < -0.39 is 0 Å². The van der Waals surface area contributed by atoms with E-state index >= 15 is 0 Å². The highest BCUT2D eigenvalue weighted by Crippen LogP contribution is 2.66. The Kier molecular flexibility index (Phi) is 7.67. The minimum Gasteiger partial charge on any atom is -1.00 e. The summed E-state index contributed by atoms with van der Waals surface area (Å²) in [6.07, 6.45) is 12.8. The SMILES string of the molecule is C/C(=N\OC(=O)C1CC[N+](C)(C)CC1)[C@H]1CC[C@H]2[C@@H]3CCC4=CC(=O)CC[C@]4(C)[C@H]3CC[C@]12C.[I-]. The molecule has 4 aliphatic carbocycles. The van der Waals surface area contributed by atoms with E-state index in [2.05, 4.69) is 40.0 Å². The molecule has 5 rings (SSSR count). The first-order valence-corrected chi connectivity index (χ1v) is 13.8. The summed E-state index contributed by atoms with van der Waals surface area (Å²) < 4.78 is 0.989. The van der Waals surface area contributed by atoms with Crippen LogP contribution >= 0.6 is 0 Å². The molecule has 0 amide bonds. The molecule has 6 heteroatoms. The van der Waals surface area contributed by atoms with Crippen LogP contribution in [-0.2, 0) is 14.4 Å². The molecule has 0 unspecified atom stereocenters. The predicted molar refractivity (Wildman–Crippen MR) is 134 cm³/mol. The van der Waals surface area contributed by atoms with Crippen LogP contribution < -0.4 is 24.0 Å². The van der Waals surface area contributed by atoms with Crippen LogP contribution in [0.15, 0.2) is 16.8 Å². The molecule has 5 aliphatic rings. The Morgan fingerprint density at radius 2 is 1.71 bits per heavy atom. The number of allylic oxidation sites excluding steroid dienone is 1. The molecule has 3 saturated carbocycles. The van der Waals surface area contributed by atoms with E-state index in [1.54, 1.807) is 0 Å². The molecule has 35 heavy (non-hydrogen) atoms. The Balaban J connectivity index is 0.00000289. The summed E-state index contributed by atoms with van der Waals surface area (Å²) in [5.41, 5.74) is 2.94. The van der Waals surface area contributed by atoms with Crippen LogP contribution in [0.2, 0.25) is 0 Å². The lowest BCUT2D eigenvalue weighted by molar-refractivity contribution is -0.895. The van der Waals surface area contributed by atoms with Crippen LogP contribution in [0.5, 0.6) is 0 Å². The van der Waals surface area contributed by atoms with Gasteiger partial charge in [-0.05, 0) is 86.5 Å². The van der Waals surface area contributed by atoms with Gasteiger partial charge in [-0.1, -0.05) is 24.6 Å². The molecule has 1 heterocycles. The van der Waals surface area contributed by atoms with E-state index in [1.165, 1.54) is 31.3 Å². The highest BCUT2D eigenvalue weighted by atomic mass is 127. The number of carbonyl (C=O) groups is 2. The van der Waals surface area contributed by atoms with Crippen molar-refractivity contribution in [1.82, 2.24) is 0 Å². The second-order valence-corrected chi connectivity index (χ2v) is 13.4. The van der Waals surface area contributed by atoms with Crippen molar-refractivity contribution < 1.29 is 42.9 Å². The summed E-state index contributed by atoms with van der Waals surface area (Å²) in [5, 5.41) is 4.46. The predicted octanol–water partition coefficient (Wildman–Crippen LogP) is 2.54. The molecular weight excluding hydrogens is 551 g/mol. The monoisotopic (exact) mass is 596 g/mol. The van der Waals surface area contributed by atoms with Crippen molar-refractivity contribution in [3.05, 3.63) is 11.6 Å². The first-order chi connectivity index (χ1) is 16.0. The molecule has 0 bridgehead atoms. The second-order valence-electron chi connectivity index (χ2n) is 13.4. The number of halogens is 1. The molecule has 0 spiro atoms. The number of ketones is 1. The van der Waals surface area contributed by atoms with Crippen LogP contribution in [0.25, 0.3) is 0 Å². The zero-order valence-corrected chi connectivity index (χ0v) is 24.6. The number of rotatable bonds is 3. The lowest BCUT2D eigenvalue weighted by Crippen LogP contribution is -3.00. The van der Waals surface area contributed by atoms with Gasteiger partial charge < -0.3 is 33.3 Å². The summed E-state index contributed by atoms with van der Waals surface area (Å²) in [7, 11) is 4.46. The van der Waals surface area contributed by atoms with E-state index in [0.717, 1.165) is 67.7 Å². The third-order valence-corrected chi connectivity index (χ3v) is 11.2. The van der Waals surface area contributed by atoms with Crippen molar-refractivity contribution in [1.29, 1.82) is 0 Å². The first kappa shape index (κ1) is 27.3. The standard InChI is InChI=1S/C29H45N2O3.HI/c1-19(30-34-27(33)20-12-16-31(4,5)17-13-20)24-8-9-25-23-7-6-21-18-22(32)10-14-28(21,2)26(23)11-15-29(24,25)3;/h18,20,23-26H,6-17H2,1-5H3;1H/q+1;/p-1/b30-19+;/t23-,24+,25-,26-,28-,29+;/m0./s1. The Morgan fingerprint density at radius 3 is 2.43 bits per heavy atom. The Hall–Kier alpha value is -0.760. The summed E-state index contributed by atoms with van der Waals surface area (Å²) in [6, 6.07) is 0. The van der Waals surface area contributed by atoms with Crippen LogP contribution in [0.1, 0.15) is 85.0 Å². The fourth-order valence-electron chi connectivity index (χ4n) is 9.00. The molecule has 0 radical (unpaired) electrons. The largest absolute Gasteiger partial charge is 1.00 e. The van der Waals surface area contributed by atoms with E-state index in [1.807, 2.05) is 6.08 Å². The van der Waals surface area contributed by atoms with Crippen molar-refractivity contribution >= 4 is 17.5 Å². The van der Waals surface area contributed by atoms with Gasteiger partial charge in [-0.2, -0.15) is 0 Å². The smallest absolute Gasteiger partial charge is 0.338 e. The zero-order chi connectivity index (χ0) is 24.3. The highest BCUT2D eigenvalue weighted by molar-refractivity contribution is 5.91. The molecule has 6 atom stereocenters. The lowest BCUT2D eigenvalue weighted by Gasteiger charge is -2.58. The molecule has 196 valence electrons. The fraction of sp³-hybridized carbons (Fsp3) is 0.828. The van der Waals surface area contributed by atoms with Gasteiger partial charge in [-0.25, -0.2) is 4.79 Å². The summed E-state index contributed by atoms with van der Waals surface area (Å²) in [4.78, 5) is 30.3. The van der Waals surface area contributed by atoms with Crippen LogP contribution in [0.3, 0.4) is 0 Å². The van der Waals surface area contributed by atoms with Gasteiger partial charge in [0.15, 0.2) is 5.78 Å². The van der Waals surface area contributed by atoms with Gasteiger partial charge >= 0.3 is 5.97 Å². The molecule has 5 nitrogen and oxygen atoms in total. The highest BCUT2D eigenvalue weighted by Gasteiger charge is 2.59. The number of likely N-dealkylation sites (tertiary alicyclic amines) is 1. The second kappa shape index (κ2) is 9.85. The average molecular weight is 597 g/mol. The van der Waals surface area contributed by atoms with Crippen LogP contribution in [0, 0.1) is 40.4 Å². The van der Waals surface area contributed by atoms with E-state index in [-0.39, 0.29) is 46.7 Å². The van der Waals surface area contributed by atoms with Gasteiger partial charge in [0.25, 0.3) is 0 Å². The summed E-state index contributed by atoms with van der Waals surface area (Å²) in [5.74, 6) is 2.79. The van der Waals surface area contributed by atoms with Gasteiger partial charge in [0.05, 0.1) is 38.8 Å². The van der Waals surface area contributed by atoms with Gasteiger partial charge in [-0.3, -0.25) is 4.79 Å². The van der Waals surface area contributed by atoms with Crippen molar-refractivity contribution in [2.75, 3.05) is 27.2 Å². The Morgan fingerprint density at radius 1 is 1.00 bits per heavy atom. The third kappa shape index (κ3) is 4.80. The van der Waals surface area contributed by atoms with Crippen molar-refractivity contribution in [2.24, 2.45) is 45.6 Å². The number of carbonyl (C=O) groups excluding carboxylic acids is 2. The molecular formula is C29H45IN2O3. The van der Waals surface area contributed by atoms with Gasteiger partial charge in [0.1, 0.15) is 0 Å². The van der Waals surface area contributed by atoms with Crippen molar-refractivity contribution in [3.63, 3.8) is 0 Å². The minimum absolute atomic E-state index is 0. The Bertz CT molecular complexity index is 917. The van der Waals surface area contributed by atoms with Gasteiger partial charge in [0, 0.05) is 25.2 Å². The molecule has 1 aliphatic heterocycles. The number of nitrogens with zero attached hydrogens (tertiary/aromatic N) is 2. The first-order valence-electron chi connectivity index (χ1n) is 13.8. The molecule has 0 aromatic heterocycles. The average Bonchev–Trinajstić information content (AvgIpc) is 3.15. The zero-order valence-electron chi connectivity index (χ0n) is 22.4. The molecule has 0 aromatic carbocycles. The number of hydrogen-bond acceptors (Lipinski definition) is 4. The van der Waals surface area contributed by atoms with E-state index in [0.29, 0.717) is 23.5 Å². The maximum atomic E-state index is 12.7. The molecule has 0 aromatic rings. The topological polar surface area (TPSA) is 55.7 Å². The number of quaternary nitrogens is 1. The fourth-order valence-corrected chi connectivity index (χ4v) is 9.00. The quantitative estimate of drug-likeness (QED) is 0.166. The lowest BCUT2D eigenvalue weighted by atomic mass is 9.46. The number of hydrogen-bond donors (Lipinski definition) is 0. The van der Waals surface area contributed by atoms with Gasteiger partial charge in [0.2, 0.25) is 0 Å². The van der Waals surface area contributed by atoms with Crippen LogP contribution in [0.4, 0.5) is 0 Å². The van der Waals surface area contributed by atoms with E-state index in [9.17, 15) is 9.59 Å². The summed E-state index contributed by atoms with van der Waals surface area (Å²) >= 11 is 0. The van der Waals surface area contributed by atoms with Crippen LogP contribution in [-0.4, -0.2) is 49.1 Å². The minimum atomic E-state index is -0.131. The maximum absolute atomic E-state index is 12.7. The Labute approximate surface area is 229 Å². The normalized spacial score (nSPS) is 41.1.